The fourth-order valence-electron chi connectivity index (χ4n) is 4.84. The SMILES string of the molecule is CCN1c2c(NC)cccc2C2CN(CCCOc3ccc(F)cc3)CCC21. The number of likely N-dealkylation sites (N-methyl/N-ethyl adjacent to an activating group) is 1. The lowest BCUT2D eigenvalue weighted by Crippen LogP contribution is -2.46. The Bertz CT molecular complexity index is 795. The predicted molar refractivity (Wildman–Crippen MR) is 113 cm³/mol. The number of para-hydroxylation sites is 1. The van der Waals surface area contributed by atoms with Crippen molar-refractivity contribution < 1.29 is 9.13 Å². The molecule has 2 aliphatic rings. The molecule has 2 atom stereocenters. The second kappa shape index (κ2) is 8.39. The van der Waals surface area contributed by atoms with Gasteiger partial charge in [-0.1, -0.05) is 12.1 Å². The molecule has 0 saturated carbocycles. The van der Waals surface area contributed by atoms with Crippen LogP contribution in [0.25, 0.3) is 0 Å². The first kappa shape index (κ1) is 19.1. The van der Waals surface area contributed by atoms with Crippen LogP contribution in [-0.2, 0) is 0 Å². The molecule has 150 valence electrons. The minimum atomic E-state index is -0.227. The lowest BCUT2D eigenvalue weighted by molar-refractivity contribution is 0.178. The Labute approximate surface area is 167 Å². The normalized spacial score (nSPS) is 21.3. The maximum atomic E-state index is 13.0. The van der Waals surface area contributed by atoms with Crippen LogP contribution in [-0.4, -0.2) is 50.8 Å². The van der Waals surface area contributed by atoms with Crippen LogP contribution in [0.5, 0.6) is 5.75 Å². The Balaban J connectivity index is 1.35. The molecule has 1 saturated heterocycles. The van der Waals surface area contributed by atoms with Gasteiger partial charge in [0, 0.05) is 45.2 Å². The number of ether oxygens (including phenoxy) is 1. The second-order valence-electron chi connectivity index (χ2n) is 7.70. The Morgan fingerprint density at radius 2 is 2.00 bits per heavy atom. The minimum absolute atomic E-state index is 0.227. The van der Waals surface area contributed by atoms with E-state index in [0.29, 0.717) is 18.6 Å². The third-order valence-corrected chi connectivity index (χ3v) is 6.13. The molecule has 0 amide bonds. The van der Waals surface area contributed by atoms with E-state index in [-0.39, 0.29) is 5.82 Å². The molecule has 2 aromatic carbocycles. The third kappa shape index (κ3) is 3.68. The molecule has 2 aliphatic heterocycles. The largest absolute Gasteiger partial charge is 0.494 e. The molecule has 0 spiro atoms. The van der Waals surface area contributed by atoms with E-state index in [1.807, 2.05) is 7.05 Å². The van der Waals surface area contributed by atoms with Crippen LogP contribution in [0.3, 0.4) is 0 Å². The monoisotopic (exact) mass is 383 g/mol. The van der Waals surface area contributed by atoms with E-state index in [1.165, 1.54) is 35.5 Å². The number of hydrogen-bond donors (Lipinski definition) is 1. The average Bonchev–Trinajstić information content (AvgIpc) is 3.05. The van der Waals surface area contributed by atoms with Gasteiger partial charge in [-0.25, -0.2) is 4.39 Å². The zero-order chi connectivity index (χ0) is 19.5. The molecule has 2 unspecified atom stereocenters. The highest BCUT2D eigenvalue weighted by atomic mass is 19.1. The van der Waals surface area contributed by atoms with Crippen LogP contribution < -0.4 is 15.0 Å². The number of benzene rings is 2. The van der Waals surface area contributed by atoms with Gasteiger partial charge < -0.3 is 19.9 Å². The van der Waals surface area contributed by atoms with E-state index in [9.17, 15) is 4.39 Å². The van der Waals surface area contributed by atoms with Gasteiger partial charge in [0.1, 0.15) is 11.6 Å². The summed E-state index contributed by atoms with van der Waals surface area (Å²) in [5.41, 5.74) is 4.14. The van der Waals surface area contributed by atoms with Crippen molar-refractivity contribution in [1.82, 2.24) is 4.90 Å². The smallest absolute Gasteiger partial charge is 0.123 e. The average molecular weight is 384 g/mol. The van der Waals surface area contributed by atoms with E-state index in [2.05, 4.69) is 40.2 Å². The van der Waals surface area contributed by atoms with Gasteiger partial charge in [-0.15, -0.1) is 0 Å². The number of rotatable bonds is 7. The summed E-state index contributed by atoms with van der Waals surface area (Å²) in [4.78, 5) is 5.17. The number of nitrogens with one attached hydrogen (secondary N) is 1. The van der Waals surface area contributed by atoms with Gasteiger partial charge in [0.2, 0.25) is 0 Å². The third-order valence-electron chi connectivity index (χ3n) is 6.13. The zero-order valence-electron chi connectivity index (χ0n) is 16.8. The van der Waals surface area contributed by atoms with Crippen molar-refractivity contribution in [2.75, 3.05) is 50.1 Å². The van der Waals surface area contributed by atoms with Crippen LogP contribution >= 0.6 is 0 Å². The van der Waals surface area contributed by atoms with Crippen molar-refractivity contribution in [1.29, 1.82) is 0 Å². The van der Waals surface area contributed by atoms with E-state index >= 15 is 0 Å². The van der Waals surface area contributed by atoms with Crippen molar-refractivity contribution in [3.05, 3.63) is 53.8 Å². The second-order valence-corrected chi connectivity index (χ2v) is 7.70. The molecule has 0 bridgehead atoms. The van der Waals surface area contributed by atoms with Crippen molar-refractivity contribution in [2.45, 2.75) is 31.7 Å². The fourth-order valence-corrected chi connectivity index (χ4v) is 4.84. The molecule has 1 N–H and O–H groups in total. The van der Waals surface area contributed by atoms with E-state index in [4.69, 9.17) is 4.74 Å². The van der Waals surface area contributed by atoms with Crippen molar-refractivity contribution >= 4 is 11.4 Å². The molecule has 2 heterocycles. The molecule has 0 aromatic heterocycles. The van der Waals surface area contributed by atoms with Crippen LogP contribution in [0, 0.1) is 5.82 Å². The van der Waals surface area contributed by atoms with Crippen LogP contribution in [0.2, 0.25) is 0 Å². The van der Waals surface area contributed by atoms with E-state index in [1.54, 1.807) is 12.1 Å². The van der Waals surface area contributed by atoms with Crippen molar-refractivity contribution in [3.63, 3.8) is 0 Å². The highest BCUT2D eigenvalue weighted by molar-refractivity contribution is 5.78. The molecule has 4 nitrogen and oxygen atoms in total. The standard InChI is InChI=1S/C23H30FN3O/c1-3-27-22-12-14-26(13-5-15-28-18-10-8-17(24)9-11-18)16-20(22)19-6-4-7-21(25-2)23(19)27/h4,6-11,20,22,25H,3,5,12-16H2,1-2H3. The predicted octanol–water partition coefficient (Wildman–Crippen LogP) is 4.33. The summed E-state index contributed by atoms with van der Waals surface area (Å²) in [5, 5.41) is 3.38. The molecular weight excluding hydrogens is 353 g/mol. The molecule has 0 aliphatic carbocycles. The first-order chi connectivity index (χ1) is 13.7. The van der Waals surface area contributed by atoms with Crippen LogP contribution in [0.1, 0.15) is 31.2 Å². The van der Waals surface area contributed by atoms with Crippen LogP contribution in [0.4, 0.5) is 15.8 Å². The van der Waals surface area contributed by atoms with E-state index < -0.39 is 0 Å². The number of fused-ring (bicyclic) bond motifs is 3. The van der Waals surface area contributed by atoms with Gasteiger partial charge in [-0.2, -0.15) is 0 Å². The van der Waals surface area contributed by atoms with Crippen molar-refractivity contribution in [3.8, 4) is 5.75 Å². The number of hydrogen-bond acceptors (Lipinski definition) is 4. The fraction of sp³-hybridized carbons (Fsp3) is 0.478. The van der Waals surface area contributed by atoms with Crippen molar-refractivity contribution in [2.24, 2.45) is 0 Å². The Morgan fingerprint density at radius 1 is 1.18 bits per heavy atom. The maximum absolute atomic E-state index is 13.0. The first-order valence-electron chi connectivity index (χ1n) is 10.4. The van der Waals surface area contributed by atoms with Crippen LogP contribution in [0.15, 0.2) is 42.5 Å². The molecule has 5 heteroatoms. The summed E-state index contributed by atoms with van der Waals surface area (Å²) in [6.45, 7) is 7.26. The molecule has 1 fully saturated rings. The summed E-state index contributed by atoms with van der Waals surface area (Å²) in [7, 11) is 2.01. The van der Waals surface area contributed by atoms with Gasteiger partial charge in [0.25, 0.3) is 0 Å². The first-order valence-corrected chi connectivity index (χ1v) is 10.4. The molecule has 4 rings (SSSR count). The number of halogens is 1. The summed E-state index contributed by atoms with van der Waals surface area (Å²) in [6, 6.07) is 13.5. The highest BCUT2D eigenvalue weighted by Crippen LogP contribution is 2.47. The van der Waals surface area contributed by atoms with E-state index in [0.717, 1.165) is 38.3 Å². The number of piperidine rings is 1. The summed E-state index contributed by atoms with van der Waals surface area (Å²) in [6.07, 6.45) is 2.19. The molecule has 28 heavy (non-hydrogen) atoms. The molecule has 0 radical (unpaired) electrons. The number of anilines is 2. The quantitative estimate of drug-likeness (QED) is 0.720. The topological polar surface area (TPSA) is 27.7 Å². The Morgan fingerprint density at radius 3 is 2.75 bits per heavy atom. The van der Waals surface area contributed by atoms with Gasteiger partial charge >= 0.3 is 0 Å². The molecular formula is C23H30FN3O. The summed E-state index contributed by atoms with van der Waals surface area (Å²) < 4.78 is 18.7. The highest BCUT2D eigenvalue weighted by Gasteiger charge is 2.41. The summed E-state index contributed by atoms with van der Waals surface area (Å²) in [5.74, 6) is 1.09. The lowest BCUT2D eigenvalue weighted by Gasteiger charge is -2.38. The minimum Gasteiger partial charge on any atom is -0.494 e. The van der Waals surface area contributed by atoms with Gasteiger partial charge in [0.05, 0.1) is 18.0 Å². The number of likely N-dealkylation sites (tertiary alicyclic amines) is 1. The Hall–Kier alpha value is -2.27. The number of nitrogens with zero attached hydrogens (tertiary/aromatic N) is 2. The van der Waals surface area contributed by atoms with Gasteiger partial charge in [-0.05, 0) is 55.7 Å². The van der Waals surface area contributed by atoms with Gasteiger partial charge in [-0.3, -0.25) is 0 Å². The van der Waals surface area contributed by atoms with Gasteiger partial charge in [0.15, 0.2) is 0 Å². The molecule has 2 aromatic rings. The Kier molecular flexibility index (Phi) is 5.72. The lowest BCUT2D eigenvalue weighted by atomic mass is 9.89. The zero-order valence-corrected chi connectivity index (χ0v) is 16.8. The summed E-state index contributed by atoms with van der Waals surface area (Å²) >= 11 is 0. The maximum Gasteiger partial charge on any atom is 0.123 e.